The smallest absolute Gasteiger partial charge is 0.208 e. The van der Waals surface area contributed by atoms with Crippen molar-refractivity contribution in [2.24, 2.45) is 0 Å². The molecule has 0 amide bonds. The Kier molecular flexibility index (Phi) is 3.81. The van der Waals surface area contributed by atoms with Crippen LogP contribution in [0.1, 0.15) is 5.69 Å². The van der Waals surface area contributed by atoms with Gasteiger partial charge in [0.05, 0.1) is 11.4 Å². The van der Waals surface area contributed by atoms with Crippen molar-refractivity contribution < 1.29 is 4.39 Å². The minimum absolute atomic E-state index is 0.302. The van der Waals surface area contributed by atoms with Crippen LogP contribution in [0.3, 0.4) is 0 Å². The fourth-order valence-corrected chi connectivity index (χ4v) is 1.98. The largest absolute Gasteiger partial charge is 0.352 e. The molecule has 0 radical (unpaired) electrons. The second-order valence-corrected chi connectivity index (χ2v) is 4.76. The first kappa shape index (κ1) is 12.8. The van der Waals surface area contributed by atoms with Crippen molar-refractivity contribution in [3.05, 3.63) is 53.0 Å². The summed E-state index contributed by atoms with van der Waals surface area (Å²) >= 11 is 3.24. The van der Waals surface area contributed by atoms with Gasteiger partial charge in [-0.3, -0.25) is 4.57 Å². The molecule has 0 fully saturated rings. The van der Waals surface area contributed by atoms with E-state index in [-0.39, 0.29) is 5.82 Å². The standard InChI is InChI=1S/C13H13BrFN3/c1-3-6-16-13-17-9(2)8-18(13)12-5-4-10(14)7-11(12)15/h3-5,7-8H,1,6H2,2H3,(H,16,17). The van der Waals surface area contributed by atoms with E-state index in [1.54, 1.807) is 29.0 Å². The Morgan fingerprint density at radius 3 is 3.00 bits per heavy atom. The van der Waals surface area contributed by atoms with Gasteiger partial charge in [-0.25, -0.2) is 9.37 Å². The molecule has 3 nitrogen and oxygen atoms in total. The molecule has 94 valence electrons. The summed E-state index contributed by atoms with van der Waals surface area (Å²) in [6, 6.07) is 4.94. The topological polar surface area (TPSA) is 29.9 Å². The van der Waals surface area contributed by atoms with Gasteiger partial charge in [0.2, 0.25) is 5.95 Å². The van der Waals surface area contributed by atoms with E-state index in [0.29, 0.717) is 22.7 Å². The van der Waals surface area contributed by atoms with E-state index in [1.165, 1.54) is 6.07 Å². The van der Waals surface area contributed by atoms with Crippen LogP contribution in [-0.4, -0.2) is 16.1 Å². The Bertz CT molecular complexity index is 578. The SMILES string of the molecule is C=CCNc1nc(C)cn1-c1ccc(Br)cc1F. The molecular formula is C13H13BrFN3. The van der Waals surface area contributed by atoms with Gasteiger partial charge < -0.3 is 5.32 Å². The Morgan fingerprint density at radius 2 is 2.33 bits per heavy atom. The number of nitrogens with one attached hydrogen (secondary N) is 1. The number of aryl methyl sites for hydroxylation is 1. The molecule has 0 saturated carbocycles. The third-order valence-corrected chi connectivity index (χ3v) is 2.89. The summed E-state index contributed by atoms with van der Waals surface area (Å²) in [4.78, 5) is 4.31. The fraction of sp³-hybridized carbons (Fsp3) is 0.154. The number of aromatic nitrogens is 2. The summed E-state index contributed by atoms with van der Waals surface area (Å²) in [7, 11) is 0. The molecule has 0 bridgehead atoms. The lowest BCUT2D eigenvalue weighted by molar-refractivity contribution is 0.617. The molecule has 0 aliphatic carbocycles. The quantitative estimate of drug-likeness (QED) is 0.873. The van der Waals surface area contributed by atoms with Crippen molar-refractivity contribution in [2.45, 2.75) is 6.92 Å². The van der Waals surface area contributed by atoms with Gasteiger partial charge in [0.1, 0.15) is 5.82 Å². The third kappa shape index (κ3) is 2.61. The van der Waals surface area contributed by atoms with E-state index >= 15 is 0 Å². The van der Waals surface area contributed by atoms with Crippen LogP contribution in [0.25, 0.3) is 5.69 Å². The minimum Gasteiger partial charge on any atom is -0.352 e. The van der Waals surface area contributed by atoms with Crippen molar-refractivity contribution in [2.75, 3.05) is 11.9 Å². The highest BCUT2D eigenvalue weighted by molar-refractivity contribution is 9.10. The maximum atomic E-state index is 13.9. The number of halogens is 2. The molecular weight excluding hydrogens is 297 g/mol. The molecule has 1 aromatic carbocycles. The van der Waals surface area contributed by atoms with Crippen molar-refractivity contribution in [1.82, 2.24) is 9.55 Å². The highest BCUT2D eigenvalue weighted by Crippen LogP contribution is 2.22. The van der Waals surface area contributed by atoms with Crippen molar-refractivity contribution >= 4 is 21.9 Å². The molecule has 18 heavy (non-hydrogen) atoms. The van der Waals surface area contributed by atoms with Crippen molar-refractivity contribution in [3.8, 4) is 5.69 Å². The number of benzene rings is 1. The number of nitrogens with zero attached hydrogens (tertiary/aromatic N) is 2. The number of hydrogen-bond donors (Lipinski definition) is 1. The zero-order valence-electron chi connectivity index (χ0n) is 9.95. The molecule has 1 N–H and O–H groups in total. The zero-order valence-corrected chi connectivity index (χ0v) is 11.5. The molecule has 0 spiro atoms. The van der Waals surface area contributed by atoms with Gasteiger partial charge in [-0.2, -0.15) is 0 Å². The highest BCUT2D eigenvalue weighted by Gasteiger charge is 2.11. The molecule has 1 aromatic heterocycles. The Labute approximate surface area is 113 Å². The van der Waals surface area contributed by atoms with Crippen molar-refractivity contribution in [1.29, 1.82) is 0 Å². The second kappa shape index (κ2) is 5.35. The first-order valence-corrected chi connectivity index (χ1v) is 6.27. The van der Waals surface area contributed by atoms with Crippen molar-refractivity contribution in [3.63, 3.8) is 0 Å². The summed E-state index contributed by atoms with van der Waals surface area (Å²) in [5.41, 5.74) is 1.29. The Morgan fingerprint density at radius 1 is 1.56 bits per heavy atom. The van der Waals surface area contributed by atoms with Gasteiger partial charge in [-0.15, -0.1) is 6.58 Å². The van der Waals surface area contributed by atoms with Crippen LogP contribution in [0, 0.1) is 12.7 Å². The lowest BCUT2D eigenvalue weighted by Crippen LogP contribution is -2.06. The average molecular weight is 310 g/mol. The summed E-state index contributed by atoms with van der Waals surface area (Å²) in [6.45, 7) is 6.08. The maximum Gasteiger partial charge on any atom is 0.208 e. The molecule has 0 unspecified atom stereocenters. The number of rotatable bonds is 4. The van der Waals surface area contributed by atoms with Crippen LogP contribution < -0.4 is 5.32 Å². The average Bonchev–Trinajstić information content (AvgIpc) is 2.67. The molecule has 5 heteroatoms. The van der Waals surface area contributed by atoms with Crippen LogP contribution in [0.4, 0.5) is 10.3 Å². The minimum atomic E-state index is -0.302. The van der Waals surface area contributed by atoms with Crippen LogP contribution in [0.5, 0.6) is 0 Å². The Balaban J connectivity index is 2.45. The number of hydrogen-bond acceptors (Lipinski definition) is 2. The molecule has 0 atom stereocenters. The molecule has 1 heterocycles. The summed E-state index contributed by atoms with van der Waals surface area (Å²) in [5, 5.41) is 3.08. The molecule has 2 aromatic rings. The second-order valence-electron chi connectivity index (χ2n) is 3.84. The first-order chi connectivity index (χ1) is 8.61. The number of anilines is 1. The normalized spacial score (nSPS) is 10.4. The zero-order chi connectivity index (χ0) is 13.1. The van der Waals surface area contributed by atoms with Gasteiger partial charge in [0.15, 0.2) is 0 Å². The van der Waals surface area contributed by atoms with E-state index < -0.39 is 0 Å². The molecule has 0 aliphatic heterocycles. The van der Waals surface area contributed by atoms with Crippen LogP contribution in [0.15, 0.2) is 41.5 Å². The van der Waals surface area contributed by atoms with E-state index in [9.17, 15) is 4.39 Å². The lowest BCUT2D eigenvalue weighted by Gasteiger charge is -2.09. The molecule has 2 rings (SSSR count). The van der Waals surface area contributed by atoms with Crippen LogP contribution >= 0.6 is 15.9 Å². The lowest BCUT2D eigenvalue weighted by atomic mass is 10.3. The van der Waals surface area contributed by atoms with E-state index in [1.807, 2.05) is 6.92 Å². The monoisotopic (exact) mass is 309 g/mol. The van der Waals surface area contributed by atoms with E-state index in [2.05, 4.69) is 32.8 Å². The number of imidazole rings is 1. The summed E-state index contributed by atoms with van der Waals surface area (Å²) in [6.07, 6.45) is 3.52. The van der Waals surface area contributed by atoms with Gasteiger partial charge in [0.25, 0.3) is 0 Å². The van der Waals surface area contributed by atoms with Gasteiger partial charge in [-0.05, 0) is 25.1 Å². The summed E-state index contributed by atoms with van der Waals surface area (Å²) < 4.78 is 16.3. The van der Waals surface area contributed by atoms with Gasteiger partial charge >= 0.3 is 0 Å². The third-order valence-electron chi connectivity index (χ3n) is 2.40. The molecule has 0 saturated heterocycles. The predicted octanol–water partition coefficient (Wildman–Crippen LogP) is 3.68. The van der Waals surface area contributed by atoms with Gasteiger partial charge in [-0.1, -0.05) is 22.0 Å². The molecule has 0 aliphatic rings. The summed E-state index contributed by atoms with van der Waals surface area (Å²) in [5.74, 6) is 0.303. The first-order valence-electron chi connectivity index (χ1n) is 5.48. The Hall–Kier alpha value is -1.62. The highest BCUT2D eigenvalue weighted by atomic mass is 79.9. The van der Waals surface area contributed by atoms with Crippen LogP contribution in [-0.2, 0) is 0 Å². The fourth-order valence-electron chi connectivity index (χ4n) is 1.65. The van der Waals surface area contributed by atoms with Crippen LogP contribution in [0.2, 0.25) is 0 Å². The van der Waals surface area contributed by atoms with E-state index in [4.69, 9.17) is 0 Å². The van der Waals surface area contributed by atoms with E-state index in [0.717, 1.165) is 5.69 Å². The maximum absolute atomic E-state index is 13.9. The predicted molar refractivity (Wildman–Crippen MR) is 74.6 cm³/mol. The van der Waals surface area contributed by atoms with Gasteiger partial charge in [0, 0.05) is 17.2 Å².